The third-order valence-electron chi connectivity index (χ3n) is 8.01. The topological polar surface area (TPSA) is 45.5 Å². The van der Waals surface area contributed by atoms with E-state index in [1.807, 2.05) is 36.4 Å². The Morgan fingerprint density at radius 1 is 0.636 bits per heavy atom. The normalized spacial score (nSPS) is 12.3. The molecule has 0 aliphatic rings. The Balaban J connectivity index is 1.47. The van der Waals surface area contributed by atoms with Crippen LogP contribution < -0.4 is 0 Å². The lowest BCUT2D eigenvalue weighted by Crippen LogP contribution is -2.11. The molecular formula is C40H38N2OS. The number of phenolic OH excluding ortho intramolecular Hbond substituents is 1. The number of benzene rings is 5. The average Bonchev–Trinajstić information content (AvgIpc) is 3.44. The summed E-state index contributed by atoms with van der Waals surface area (Å²) in [5, 5.41) is 11.5. The molecule has 0 amide bonds. The number of nitrogens with zero attached hydrogens (tertiary/aromatic N) is 2. The van der Waals surface area contributed by atoms with Gasteiger partial charge in [0.2, 0.25) is 0 Å². The van der Waals surface area contributed by atoms with Crippen LogP contribution in [0.5, 0.6) is 5.75 Å². The summed E-state index contributed by atoms with van der Waals surface area (Å²) in [6.45, 7) is 13.3. The fraction of sp³-hybridized carbons (Fsp3) is 0.200. The van der Waals surface area contributed by atoms with Crippen molar-refractivity contribution >= 4 is 33.5 Å². The van der Waals surface area contributed by atoms with Gasteiger partial charge >= 0.3 is 0 Å². The minimum atomic E-state index is -0.0284. The minimum Gasteiger partial charge on any atom is -0.507 e. The molecular weight excluding hydrogens is 557 g/mol. The first-order valence-corrected chi connectivity index (χ1v) is 15.9. The highest BCUT2D eigenvalue weighted by Gasteiger charge is 2.21. The second kappa shape index (κ2) is 11.5. The second-order valence-electron chi connectivity index (χ2n) is 13.4. The molecule has 0 saturated heterocycles. The Bertz CT molecular complexity index is 1990. The lowest BCUT2D eigenvalue weighted by atomic mass is 9.85. The number of para-hydroxylation sites is 1. The van der Waals surface area contributed by atoms with Gasteiger partial charge in [0.1, 0.15) is 10.8 Å². The van der Waals surface area contributed by atoms with E-state index in [9.17, 15) is 5.11 Å². The molecule has 0 radical (unpaired) electrons. The van der Waals surface area contributed by atoms with E-state index >= 15 is 0 Å². The number of rotatable bonds is 5. The van der Waals surface area contributed by atoms with E-state index in [1.165, 1.54) is 16.7 Å². The fourth-order valence-electron chi connectivity index (χ4n) is 5.33. The average molecular weight is 595 g/mol. The van der Waals surface area contributed by atoms with Crippen molar-refractivity contribution in [3.05, 3.63) is 126 Å². The Labute approximate surface area is 264 Å². The molecule has 44 heavy (non-hydrogen) atoms. The lowest BCUT2D eigenvalue weighted by Gasteiger charge is -2.20. The van der Waals surface area contributed by atoms with Gasteiger partial charge in [-0.2, -0.15) is 0 Å². The molecule has 0 unspecified atom stereocenters. The minimum absolute atomic E-state index is 0.0179. The van der Waals surface area contributed by atoms with Gasteiger partial charge in [-0.1, -0.05) is 108 Å². The van der Waals surface area contributed by atoms with Crippen LogP contribution in [0.15, 0.2) is 114 Å². The van der Waals surface area contributed by atoms with Crippen LogP contribution in [0.1, 0.15) is 58.2 Å². The highest BCUT2D eigenvalue weighted by molar-refractivity contribution is 7.21. The molecule has 0 aliphatic heterocycles. The Morgan fingerprint density at radius 2 is 1.32 bits per heavy atom. The zero-order valence-corrected chi connectivity index (χ0v) is 27.0. The summed E-state index contributed by atoms with van der Waals surface area (Å²) in [5.74, 6) is 0.219. The fourth-order valence-corrected chi connectivity index (χ4v) is 6.39. The van der Waals surface area contributed by atoms with Gasteiger partial charge in [0.15, 0.2) is 0 Å². The summed E-state index contributed by atoms with van der Waals surface area (Å²) in [6, 6.07) is 37.7. The van der Waals surface area contributed by atoms with Crippen molar-refractivity contribution in [2.75, 3.05) is 0 Å². The van der Waals surface area contributed by atoms with E-state index in [0.29, 0.717) is 5.56 Å². The quantitative estimate of drug-likeness (QED) is 0.202. The van der Waals surface area contributed by atoms with Crippen molar-refractivity contribution in [3.8, 4) is 38.6 Å². The molecule has 1 heterocycles. The number of hydrogen-bond donors (Lipinski definition) is 1. The highest BCUT2D eigenvalue weighted by Crippen LogP contribution is 2.42. The van der Waals surface area contributed by atoms with E-state index in [2.05, 4.69) is 108 Å². The van der Waals surface area contributed by atoms with Gasteiger partial charge in [0, 0.05) is 22.9 Å². The highest BCUT2D eigenvalue weighted by atomic mass is 32.1. The Kier molecular flexibility index (Phi) is 7.73. The molecule has 0 saturated carbocycles. The second-order valence-corrected chi connectivity index (χ2v) is 14.4. The van der Waals surface area contributed by atoms with Gasteiger partial charge in [-0.3, -0.25) is 4.99 Å². The Morgan fingerprint density at radius 3 is 2.07 bits per heavy atom. The van der Waals surface area contributed by atoms with Gasteiger partial charge in [-0.25, -0.2) is 4.98 Å². The van der Waals surface area contributed by atoms with Gasteiger partial charge in [-0.15, -0.1) is 11.3 Å². The molecule has 6 rings (SSSR count). The predicted octanol–water partition coefficient (Wildman–Crippen LogP) is 11.3. The predicted molar refractivity (Wildman–Crippen MR) is 189 cm³/mol. The number of aromatic nitrogens is 1. The summed E-state index contributed by atoms with van der Waals surface area (Å²) < 4.78 is 1.15. The van der Waals surface area contributed by atoms with Gasteiger partial charge < -0.3 is 5.11 Å². The summed E-state index contributed by atoms with van der Waals surface area (Å²) in [6.07, 6.45) is 1.76. The van der Waals surface area contributed by atoms with Crippen molar-refractivity contribution in [3.63, 3.8) is 0 Å². The maximum atomic E-state index is 10.6. The summed E-state index contributed by atoms with van der Waals surface area (Å²) in [4.78, 5) is 10.1. The number of aliphatic imine (C=N–C) groups is 1. The first-order chi connectivity index (χ1) is 21.0. The van der Waals surface area contributed by atoms with E-state index < -0.39 is 0 Å². The summed E-state index contributed by atoms with van der Waals surface area (Å²) in [7, 11) is 0. The van der Waals surface area contributed by atoms with E-state index in [1.54, 1.807) is 23.6 Å². The third kappa shape index (κ3) is 6.09. The third-order valence-corrected chi connectivity index (χ3v) is 9.05. The maximum absolute atomic E-state index is 10.6. The number of fused-ring (bicyclic) bond motifs is 1. The van der Waals surface area contributed by atoms with Gasteiger partial charge in [0.05, 0.1) is 15.9 Å². The van der Waals surface area contributed by atoms with Crippen LogP contribution >= 0.6 is 11.3 Å². The smallest absolute Gasteiger partial charge is 0.126 e. The number of phenols is 1. The number of thiazole rings is 1. The van der Waals surface area contributed by atoms with Crippen LogP contribution in [-0.4, -0.2) is 16.3 Å². The van der Waals surface area contributed by atoms with Crippen LogP contribution in [0.4, 0.5) is 5.69 Å². The van der Waals surface area contributed by atoms with E-state index in [-0.39, 0.29) is 16.6 Å². The molecule has 0 aliphatic carbocycles. The largest absolute Gasteiger partial charge is 0.507 e. The van der Waals surface area contributed by atoms with Crippen LogP contribution in [0.3, 0.4) is 0 Å². The molecule has 220 valence electrons. The molecule has 3 nitrogen and oxygen atoms in total. The van der Waals surface area contributed by atoms with Crippen molar-refractivity contribution in [2.45, 2.75) is 52.4 Å². The molecule has 6 aromatic rings. The first kappa shape index (κ1) is 29.5. The van der Waals surface area contributed by atoms with E-state index in [0.717, 1.165) is 43.2 Å². The molecule has 0 fully saturated rings. The van der Waals surface area contributed by atoms with Crippen LogP contribution in [0.25, 0.3) is 43.0 Å². The molecule has 5 aromatic carbocycles. The van der Waals surface area contributed by atoms with Crippen molar-refractivity contribution in [1.29, 1.82) is 0 Å². The first-order valence-electron chi connectivity index (χ1n) is 15.1. The molecule has 0 bridgehead atoms. The zero-order chi connectivity index (χ0) is 31.1. The molecule has 0 spiro atoms. The van der Waals surface area contributed by atoms with Crippen molar-refractivity contribution < 1.29 is 5.11 Å². The molecule has 1 aromatic heterocycles. The van der Waals surface area contributed by atoms with E-state index in [4.69, 9.17) is 9.98 Å². The SMILES string of the molecule is CC(C)(C)c1ccc(O)c(C=Nc2ccccc2-c2nc3c(-c4cccc(-c5ccccc5)c4)cc(C(C)(C)C)cc3s2)c1. The summed E-state index contributed by atoms with van der Waals surface area (Å²) in [5.41, 5.74) is 10.5. The van der Waals surface area contributed by atoms with Crippen molar-refractivity contribution in [2.24, 2.45) is 4.99 Å². The number of hydrogen-bond acceptors (Lipinski definition) is 4. The molecule has 1 N–H and O–H groups in total. The molecule has 0 atom stereocenters. The Hall–Kier alpha value is -4.54. The lowest BCUT2D eigenvalue weighted by molar-refractivity contribution is 0.473. The van der Waals surface area contributed by atoms with Crippen LogP contribution in [-0.2, 0) is 10.8 Å². The monoisotopic (exact) mass is 594 g/mol. The van der Waals surface area contributed by atoms with Gasteiger partial charge in [-0.05, 0) is 81.1 Å². The van der Waals surface area contributed by atoms with Crippen LogP contribution in [0, 0.1) is 0 Å². The van der Waals surface area contributed by atoms with Crippen molar-refractivity contribution in [1.82, 2.24) is 4.98 Å². The van der Waals surface area contributed by atoms with Gasteiger partial charge in [0.25, 0.3) is 0 Å². The summed E-state index contributed by atoms with van der Waals surface area (Å²) >= 11 is 1.70. The standard InChI is InChI=1S/C40H38N2OS/c1-39(2,3)30-19-20-35(43)29(22-30)25-41-34-18-11-10-17-32(34)38-42-37-33(23-31(40(4,5)6)24-36(37)44-38)28-16-12-15-27(21-28)26-13-8-7-9-14-26/h7-25,43H,1-6H3. The number of aromatic hydroxyl groups is 1. The maximum Gasteiger partial charge on any atom is 0.126 e. The zero-order valence-electron chi connectivity index (χ0n) is 26.2. The van der Waals surface area contributed by atoms with Crippen LogP contribution in [0.2, 0.25) is 0 Å². The molecule has 4 heteroatoms.